The molecule has 0 heterocycles. The van der Waals surface area contributed by atoms with Gasteiger partial charge in [0.15, 0.2) is 0 Å². The lowest BCUT2D eigenvalue weighted by Crippen LogP contribution is -2.07. The summed E-state index contributed by atoms with van der Waals surface area (Å²) in [5.41, 5.74) is 1.29. The molecule has 0 radical (unpaired) electrons. The molecule has 0 amide bonds. The van der Waals surface area contributed by atoms with Crippen LogP contribution in [0.1, 0.15) is 52.0 Å². The average molecular weight is 527 g/mol. The molecule has 0 saturated carbocycles. The van der Waals surface area contributed by atoms with Gasteiger partial charge >= 0.3 is 0 Å². The number of fused-ring (bicyclic) bond motifs is 2. The molecule has 0 aromatic heterocycles. The van der Waals surface area contributed by atoms with Crippen molar-refractivity contribution in [2.45, 2.75) is 52.9 Å². The van der Waals surface area contributed by atoms with Crippen molar-refractivity contribution in [2.75, 3.05) is 66.1 Å². The van der Waals surface area contributed by atoms with Crippen LogP contribution in [0.3, 0.4) is 0 Å². The third-order valence-corrected chi connectivity index (χ3v) is 6.41. The zero-order valence-electron chi connectivity index (χ0n) is 23.6. The molecule has 0 saturated heterocycles. The largest absolute Gasteiger partial charge is 0.492 e. The van der Waals surface area contributed by atoms with Gasteiger partial charge in [0, 0.05) is 48.0 Å². The van der Waals surface area contributed by atoms with Crippen molar-refractivity contribution in [1.82, 2.24) is 0 Å². The topological polar surface area (TPSA) is 55.4 Å². The molecule has 210 valence electrons. The Morgan fingerprint density at radius 2 is 0.947 bits per heavy atom. The van der Waals surface area contributed by atoms with Gasteiger partial charge in [0.05, 0.1) is 39.6 Å². The summed E-state index contributed by atoms with van der Waals surface area (Å²) in [4.78, 5) is 0. The van der Waals surface area contributed by atoms with Crippen LogP contribution in [0, 0.1) is 0 Å². The molecule has 0 unspecified atom stereocenters. The van der Waals surface area contributed by atoms with Gasteiger partial charge in [-0.25, -0.2) is 0 Å². The number of aryl methyl sites for hydroxylation is 1. The normalized spacial score (nSPS) is 11.4. The fourth-order valence-electron chi connectivity index (χ4n) is 4.37. The van der Waals surface area contributed by atoms with Gasteiger partial charge in [-0.3, -0.25) is 0 Å². The van der Waals surface area contributed by atoms with Crippen molar-refractivity contribution < 1.29 is 28.4 Å². The molecule has 3 aromatic rings. The standard InChI is InChI=1S/C32H46O6/c1-4-26-15-16-29-30(25-26)32(38-20-12-10-18-36-24-22-34-6-3)28-14-8-7-13-27(28)31(29)37-19-11-9-17-35-23-21-33-5-2/h7-8,13-16,25H,4-6,9-12,17-24H2,1-3H3. The molecular formula is C32H46O6. The minimum atomic E-state index is 0.645. The molecule has 6 nitrogen and oxygen atoms in total. The van der Waals surface area contributed by atoms with E-state index < -0.39 is 0 Å². The van der Waals surface area contributed by atoms with Crippen molar-refractivity contribution in [2.24, 2.45) is 0 Å². The van der Waals surface area contributed by atoms with E-state index in [2.05, 4.69) is 49.4 Å². The van der Waals surface area contributed by atoms with E-state index in [1.807, 2.05) is 13.8 Å². The highest BCUT2D eigenvalue weighted by molar-refractivity contribution is 6.11. The Kier molecular flexibility index (Phi) is 14.3. The van der Waals surface area contributed by atoms with Crippen LogP contribution in [0.2, 0.25) is 0 Å². The van der Waals surface area contributed by atoms with Crippen molar-refractivity contribution in [1.29, 1.82) is 0 Å². The zero-order valence-corrected chi connectivity index (χ0v) is 23.6. The lowest BCUT2D eigenvalue weighted by atomic mass is 9.98. The van der Waals surface area contributed by atoms with Gasteiger partial charge < -0.3 is 28.4 Å². The van der Waals surface area contributed by atoms with Crippen LogP contribution < -0.4 is 9.47 Å². The molecule has 0 aliphatic rings. The van der Waals surface area contributed by atoms with Crippen LogP contribution in [0.15, 0.2) is 42.5 Å². The molecule has 0 bridgehead atoms. The van der Waals surface area contributed by atoms with E-state index in [1.54, 1.807) is 0 Å². The molecule has 3 aromatic carbocycles. The molecule has 0 aliphatic carbocycles. The highest BCUT2D eigenvalue weighted by atomic mass is 16.5. The molecule has 3 rings (SSSR count). The third kappa shape index (κ3) is 9.42. The van der Waals surface area contributed by atoms with Crippen LogP contribution >= 0.6 is 0 Å². The Balaban J connectivity index is 1.66. The van der Waals surface area contributed by atoms with Crippen LogP contribution in [-0.2, 0) is 25.4 Å². The Labute approximate surface area is 228 Å². The minimum absolute atomic E-state index is 0.645. The maximum absolute atomic E-state index is 6.47. The van der Waals surface area contributed by atoms with Crippen LogP contribution in [0.5, 0.6) is 11.5 Å². The summed E-state index contributed by atoms with van der Waals surface area (Å²) >= 11 is 0. The highest BCUT2D eigenvalue weighted by Gasteiger charge is 2.16. The molecule has 0 fully saturated rings. The third-order valence-electron chi connectivity index (χ3n) is 6.41. The van der Waals surface area contributed by atoms with E-state index in [0.29, 0.717) is 39.6 Å². The number of benzene rings is 3. The molecule has 0 aliphatic heterocycles. The Hall–Kier alpha value is -2.38. The van der Waals surface area contributed by atoms with Crippen LogP contribution in [-0.4, -0.2) is 66.1 Å². The first-order valence-corrected chi connectivity index (χ1v) is 14.3. The molecule has 0 N–H and O–H groups in total. The van der Waals surface area contributed by atoms with E-state index in [-0.39, 0.29) is 0 Å². The van der Waals surface area contributed by atoms with E-state index in [4.69, 9.17) is 28.4 Å². The second-order valence-corrected chi connectivity index (χ2v) is 9.17. The van der Waals surface area contributed by atoms with E-state index in [9.17, 15) is 0 Å². The lowest BCUT2D eigenvalue weighted by Gasteiger charge is -2.18. The Bertz CT molecular complexity index is 1070. The predicted octanol–water partition coefficient (Wildman–Crippen LogP) is 6.98. The monoisotopic (exact) mass is 526 g/mol. The first kappa shape index (κ1) is 30.2. The SMILES string of the molecule is CCOCCOCCCCOc1c2ccccc2c(OCCCCOCCOCC)c2cc(CC)ccc12. The predicted molar refractivity (Wildman–Crippen MR) is 155 cm³/mol. The van der Waals surface area contributed by atoms with Crippen molar-refractivity contribution in [3.8, 4) is 11.5 Å². The Morgan fingerprint density at radius 1 is 0.474 bits per heavy atom. The van der Waals surface area contributed by atoms with E-state index >= 15 is 0 Å². The summed E-state index contributed by atoms with van der Waals surface area (Å²) in [6, 6.07) is 15.0. The summed E-state index contributed by atoms with van der Waals surface area (Å²) in [6.07, 6.45) is 4.75. The van der Waals surface area contributed by atoms with Gasteiger partial charge in [0.1, 0.15) is 11.5 Å². The second kappa shape index (κ2) is 18.0. The van der Waals surface area contributed by atoms with Crippen molar-refractivity contribution >= 4 is 21.5 Å². The number of hydrogen-bond acceptors (Lipinski definition) is 6. The number of ether oxygens (including phenoxy) is 6. The van der Waals surface area contributed by atoms with Crippen LogP contribution in [0.4, 0.5) is 0 Å². The fraction of sp³-hybridized carbons (Fsp3) is 0.562. The highest BCUT2D eigenvalue weighted by Crippen LogP contribution is 2.43. The zero-order chi connectivity index (χ0) is 26.8. The van der Waals surface area contributed by atoms with Gasteiger partial charge in [-0.1, -0.05) is 43.3 Å². The molecule has 0 atom stereocenters. The van der Waals surface area contributed by atoms with Crippen molar-refractivity contribution in [3.05, 3.63) is 48.0 Å². The molecular weight excluding hydrogens is 480 g/mol. The van der Waals surface area contributed by atoms with Gasteiger partial charge in [0.2, 0.25) is 0 Å². The van der Waals surface area contributed by atoms with Crippen LogP contribution in [0.25, 0.3) is 21.5 Å². The fourth-order valence-corrected chi connectivity index (χ4v) is 4.37. The van der Waals surface area contributed by atoms with E-state index in [0.717, 1.165) is 91.6 Å². The maximum atomic E-state index is 6.47. The summed E-state index contributed by atoms with van der Waals surface area (Å²) in [6.45, 7) is 13.0. The van der Waals surface area contributed by atoms with Gasteiger partial charge in [-0.2, -0.15) is 0 Å². The smallest absolute Gasteiger partial charge is 0.135 e. The molecule has 38 heavy (non-hydrogen) atoms. The molecule has 0 spiro atoms. The second-order valence-electron chi connectivity index (χ2n) is 9.17. The Morgan fingerprint density at radius 3 is 1.47 bits per heavy atom. The quantitative estimate of drug-likeness (QED) is 0.110. The van der Waals surface area contributed by atoms with Gasteiger partial charge in [-0.05, 0) is 57.6 Å². The van der Waals surface area contributed by atoms with Gasteiger partial charge in [-0.15, -0.1) is 0 Å². The minimum Gasteiger partial charge on any atom is -0.492 e. The molecule has 6 heteroatoms. The average Bonchev–Trinajstić information content (AvgIpc) is 2.95. The summed E-state index contributed by atoms with van der Waals surface area (Å²) in [5, 5.41) is 4.40. The summed E-state index contributed by atoms with van der Waals surface area (Å²) in [5.74, 6) is 1.88. The number of hydrogen-bond donors (Lipinski definition) is 0. The van der Waals surface area contributed by atoms with E-state index in [1.165, 1.54) is 5.56 Å². The number of rotatable bonds is 21. The lowest BCUT2D eigenvalue weighted by molar-refractivity contribution is 0.0504. The maximum Gasteiger partial charge on any atom is 0.135 e. The number of unbranched alkanes of at least 4 members (excludes halogenated alkanes) is 2. The first-order chi connectivity index (χ1) is 18.8. The summed E-state index contributed by atoms with van der Waals surface area (Å²) in [7, 11) is 0. The van der Waals surface area contributed by atoms with Gasteiger partial charge in [0.25, 0.3) is 0 Å². The summed E-state index contributed by atoms with van der Waals surface area (Å²) < 4.78 is 34.8. The first-order valence-electron chi connectivity index (χ1n) is 14.3. The van der Waals surface area contributed by atoms with Crippen molar-refractivity contribution in [3.63, 3.8) is 0 Å².